The van der Waals surface area contributed by atoms with Crippen molar-refractivity contribution in [1.29, 1.82) is 0 Å². The van der Waals surface area contributed by atoms with Crippen molar-refractivity contribution < 1.29 is 14.3 Å². The highest BCUT2D eigenvalue weighted by molar-refractivity contribution is 7.99. The van der Waals surface area contributed by atoms with Gasteiger partial charge in [0.05, 0.1) is 5.75 Å². The van der Waals surface area contributed by atoms with E-state index in [1.165, 1.54) is 24.6 Å². The summed E-state index contributed by atoms with van der Waals surface area (Å²) in [6.45, 7) is 4.89. The molecule has 0 bridgehead atoms. The Hall–Kier alpha value is -2.22. The van der Waals surface area contributed by atoms with Crippen LogP contribution in [0.4, 0.5) is 0 Å². The Labute approximate surface area is 175 Å². The number of carbonyl (C=O) groups is 1. The van der Waals surface area contributed by atoms with Crippen LogP contribution in [0.25, 0.3) is 0 Å². The van der Waals surface area contributed by atoms with Gasteiger partial charge < -0.3 is 19.4 Å². The number of hydrogen-bond donors (Lipinski definition) is 1. The van der Waals surface area contributed by atoms with Gasteiger partial charge in [-0.15, -0.1) is 10.2 Å². The van der Waals surface area contributed by atoms with Gasteiger partial charge in [0.25, 0.3) is 0 Å². The molecule has 1 aliphatic carbocycles. The lowest BCUT2D eigenvalue weighted by Gasteiger charge is -2.34. The molecule has 1 aliphatic heterocycles. The zero-order chi connectivity index (χ0) is 20.4. The summed E-state index contributed by atoms with van der Waals surface area (Å²) in [5.41, 5.74) is 0. The van der Waals surface area contributed by atoms with E-state index in [2.05, 4.69) is 29.4 Å². The second-order valence-electron chi connectivity index (χ2n) is 7.99. The number of ether oxygens (including phenoxy) is 2. The van der Waals surface area contributed by atoms with Gasteiger partial charge in [0.15, 0.2) is 28.6 Å². The molecule has 2 aliphatic rings. The molecule has 2 aromatic rings. The molecule has 4 unspecified atom stereocenters. The fourth-order valence-corrected chi connectivity index (χ4v) is 4.77. The van der Waals surface area contributed by atoms with Crippen molar-refractivity contribution in [3.8, 4) is 11.5 Å². The van der Waals surface area contributed by atoms with Crippen molar-refractivity contribution in [2.75, 3.05) is 12.4 Å². The van der Waals surface area contributed by atoms with E-state index in [0.29, 0.717) is 40.9 Å². The number of thioether (sulfide) groups is 1. The van der Waals surface area contributed by atoms with E-state index >= 15 is 0 Å². The third-order valence-corrected chi connectivity index (χ3v) is 7.07. The molecule has 0 radical (unpaired) electrons. The molecule has 4 atom stereocenters. The molecule has 2 heterocycles. The van der Waals surface area contributed by atoms with Crippen LogP contribution in [0.2, 0.25) is 0 Å². The summed E-state index contributed by atoms with van der Waals surface area (Å²) in [4.78, 5) is 12.5. The van der Waals surface area contributed by atoms with Crippen LogP contribution in [-0.2, 0) is 11.8 Å². The van der Waals surface area contributed by atoms with Gasteiger partial charge in [0.1, 0.15) is 6.61 Å². The van der Waals surface area contributed by atoms with Crippen LogP contribution in [0.3, 0.4) is 0 Å². The molecule has 0 spiro atoms. The number of carbonyl (C=O) groups excluding carboxylic acids is 1. The number of nitrogens with one attached hydrogen (secondary N) is 1. The molecule has 1 aromatic carbocycles. The summed E-state index contributed by atoms with van der Waals surface area (Å²) in [7, 11) is 1.89. The largest absolute Gasteiger partial charge is 0.485 e. The number of hydrogen-bond acceptors (Lipinski definition) is 6. The Morgan fingerprint density at radius 2 is 2.03 bits per heavy atom. The third kappa shape index (κ3) is 4.37. The first-order valence-corrected chi connectivity index (χ1v) is 11.2. The van der Waals surface area contributed by atoms with Crippen molar-refractivity contribution >= 4 is 17.7 Å². The van der Waals surface area contributed by atoms with E-state index in [0.717, 1.165) is 12.2 Å². The molecule has 156 valence electrons. The van der Waals surface area contributed by atoms with Crippen LogP contribution in [0.5, 0.6) is 11.5 Å². The molecule has 1 fully saturated rings. The standard InChI is InChI=1S/C21H28N4O3S/c1-13-7-6-8-15(14(13)2)22-19(26)12-29-21-24-23-20(25(21)3)18-11-27-16-9-4-5-10-17(16)28-18/h4-5,9-10,13-15,18H,6-8,11-12H2,1-3H3,(H,22,26). The maximum atomic E-state index is 12.5. The molecule has 1 saturated carbocycles. The molecular weight excluding hydrogens is 388 g/mol. The van der Waals surface area contributed by atoms with Crippen LogP contribution >= 0.6 is 11.8 Å². The summed E-state index contributed by atoms with van der Waals surface area (Å²) in [6.07, 6.45) is 3.18. The van der Waals surface area contributed by atoms with Gasteiger partial charge >= 0.3 is 0 Å². The average Bonchev–Trinajstić information content (AvgIpc) is 3.10. The number of para-hydroxylation sites is 2. The highest BCUT2D eigenvalue weighted by Crippen LogP contribution is 2.36. The lowest BCUT2D eigenvalue weighted by atomic mass is 9.78. The fourth-order valence-electron chi connectivity index (χ4n) is 4.04. The maximum absolute atomic E-state index is 12.5. The van der Waals surface area contributed by atoms with Crippen LogP contribution < -0.4 is 14.8 Å². The number of aromatic nitrogens is 3. The topological polar surface area (TPSA) is 78.3 Å². The first-order valence-electron chi connectivity index (χ1n) is 10.2. The summed E-state index contributed by atoms with van der Waals surface area (Å²) in [5, 5.41) is 12.4. The minimum absolute atomic E-state index is 0.0525. The zero-order valence-corrected chi connectivity index (χ0v) is 17.9. The molecule has 4 rings (SSSR count). The van der Waals surface area contributed by atoms with Crippen molar-refractivity contribution in [3.63, 3.8) is 0 Å². The molecule has 7 nitrogen and oxygen atoms in total. The van der Waals surface area contributed by atoms with Crippen LogP contribution in [0.15, 0.2) is 29.4 Å². The molecular formula is C21H28N4O3S. The van der Waals surface area contributed by atoms with E-state index in [9.17, 15) is 4.79 Å². The van der Waals surface area contributed by atoms with Gasteiger partial charge in [0.2, 0.25) is 5.91 Å². The first-order chi connectivity index (χ1) is 14.0. The minimum Gasteiger partial charge on any atom is -0.485 e. The van der Waals surface area contributed by atoms with E-state index in [4.69, 9.17) is 9.47 Å². The van der Waals surface area contributed by atoms with E-state index < -0.39 is 0 Å². The second-order valence-corrected chi connectivity index (χ2v) is 8.94. The predicted molar refractivity (Wildman–Crippen MR) is 111 cm³/mol. The maximum Gasteiger partial charge on any atom is 0.230 e. The monoisotopic (exact) mass is 416 g/mol. The summed E-state index contributed by atoms with van der Waals surface area (Å²) in [6, 6.07) is 7.87. The predicted octanol–water partition coefficient (Wildman–Crippen LogP) is 3.36. The third-order valence-electron chi connectivity index (χ3n) is 6.05. The Bertz CT molecular complexity index is 871. The van der Waals surface area contributed by atoms with E-state index in [1.54, 1.807) is 0 Å². The van der Waals surface area contributed by atoms with Gasteiger partial charge in [-0.05, 0) is 30.4 Å². The molecule has 1 amide bonds. The quantitative estimate of drug-likeness (QED) is 0.753. The van der Waals surface area contributed by atoms with Gasteiger partial charge in [-0.2, -0.15) is 0 Å². The van der Waals surface area contributed by atoms with E-state index in [1.807, 2.05) is 35.9 Å². The number of fused-ring (bicyclic) bond motifs is 1. The van der Waals surface area contributed by atoms with Crippen LogP contribution in [0, 0.1) is 11.8 Å². The van der Waals surface area contributed by atoms with Crippen LogP contribution in [-0.4, -0.2) is 39.1 Å². The highest BCUT2D eigenvalue weighted by atomic mass is 32.2. The van der Waals surface area contributed by atoms with Gasteiger partial charge in [-0.25, -0.2) is 0 Å². The molecule has 1 N–H and O–H groups in total. The lowest BCUT2D eigenvalue weighted by Crippen LogP contribution is -2.44. The van der Waals surface area contributed by atoms with E-state index in [-0.39, 0.29) is 18.1 Å². The Kier molecular flexibility index (Phi) is 5.99. The Morgan fingerprint density at radius 1 is 1.24 bits per heavy atom. The number of amides is 1. The van der Waals surface area contributed by atoms with Crippen molar-refractivity contribution in [3.05, 3.63) is 30.1 Å². The summed E-state index contributed by atoms with van der Waals surface area (Å²) >= 11 is 1.40. The van der Waals surface area contributed by atoms with Gasteiger partial charge in [0, 0.05) is 13.1 Å². The number of benzene rings is 1. The Morgan fingerprint density at radius 3 is 2.86 bits per heavy atom. The summed E-state index contributed by atoms with van der Waals surface area (Å²) in [5.74, 6) is 3.69. The molecule has 8 heteroatoms. The highest BCUT2D eigenvalue weighted by Gasteiger charge is 2.29. The smallest absolute Gasteiger partial charge is 0.230 e. The first kappa shape index (κ1) is 20.1. The van der Waals surface area contributed by atoms with Gasteiger partial charge in [-0.1, -0.05) is 50.6 Å². The normalized spacial score (nSPS) is 26.2. The molecule has 1 aromatic heterocycles. The number of rotatable bonds is 5. The Balaban J connectivity index is 1.34. The zero-order valence-electron chi connectivity index (χ0n) is 17.1. The van der Waals surface area contributed by atoms with Crippen molar-refractivity contribution in [2.24, 2.45) is 18.9 Å². The minimum atomic E-state index is -0.324. The number of nitrogens with zero attached hydrogens (tertiary/aromatic N) is 3. The van der Waals surface area contributed by atoms with Gasteiger partial charge in [-0.3, -0.25) is 4.79 Å². The molecule has 0 saturated heterocycles. The van der Waals surface area contributed by atoms with Crippen molar-refractivity contribution in [2.45, 2.75) is 50.4 Å². The molecule has 29 heavy (non-hydrogen) atoms. The second kappa shape index (κ2) is 8.65. The van der Waals surface area contributed by atoms with Crippen LogP contribution in [0.1, 0.15) is 45.0 Å². The average molecular weight is 417 g/mol. The lowest BCUT2D eigenvalue weighted by molar-refractivity contribution is -0.120. The fraction of sp³-hybridized carbons (Fsp3) is 0.571. The SMILES string of the molecule is CC1CCCC(NC(=O)CSc2nnc(C3COc4ccccc4O3)n2C)C1C. The summed E-state index contributed by atoms with van der Waals surface area (Å²) < 4.78 is 13.7. The van der Waals surface area contributed by atoms with Crippen molar-refractivity contribution in [1.82, 2.24) is 20.1 Å².